The molecule has 0 aliphatic heterocycles. The van der Waals surface area contributed by atoms with Crippen molar-refractivity contribution in [1.82, 2.24) is 4.98 Å². The van der Waals surface area contributed by atoms with E-state index in [1.807, 2.05) is 12.2 Å². The van der Waals surface area contributed by atoms with Crippen molar-refractivity contribution < 1.29 is 9.66 Å². The zero-order chi connectivity index (χ0) is 17.0. The maximum absolute atomic E-state index is 10.7. The number of ether oxygens (including phenoxy) is 1. The zero-order valence-corrected chi connectivity index (χ0v) is 13.9. The van der Waals surface area contributed by atoms with Gasteiger partial charge in [-0.2, -0.15) is 0 Å². The lowest BCUT2D eigenvalue weighted by Crippen LogP contribution is -2.05. The van der Waals surface area contributed by atoms with E-state index >= 15 is 0 Å². The second kappa shape index (κ2) is 6.77. The number of hydrogen-bond donors (Lipinski definition) is 0. The topological polar surface area (TPSA) is 65.3 Å². The molecule has 1 aliphatic carbocycles. The van der Waals surface area contributed by atoms with Gasteiger partial charge >= 0.3 is 5.82 Å². The third kappa shape index (κ3) is 5.06. The Morgan fingerprint density at radius 1 is 1.35 bits per heavy atom. The molecule has 0 aromatic carbocycles. The molecule has 0 unspecified atom stereocenters. The van der Waals surface area contributed by atoms with E-state index < -0.39 is 4.92 Å². The normalized spacial score (nSPS) is 16.6. The SMILES string of the molecule is CC(C)CC1=CC(Oc2ccc([N+](=O)[O-])nc2)=CC(C)(C)C=C1. The predicted octanol–water partition coefficient (Wildman–Crippen LogP) is 4.82. The maximum atomic E-state index is 10.7. The Bertz CT molecular complexity index is 668. The summed E-state index contributed by atoms with van der Waals surface area (Å²) < 4.78 is 5.88. The summed E-state index contributed by atoms with van der Waals surface area (Å²) in [6, 6.07) is 2.90. The minimum Gasteiger partial charge on any atom is -0.454 e. The van der Waals surface area contributed by atoms with Gasteiger partial charge in [-0.1, -0.05) is 39.8 Å². The van der Waals surface area contributed by atoms with Crippen LogP contribution in [0.3, 0.4) is 0 Å². The van der Waals surface area contributed by atoms with Gasteiger partial charge in [0, 0.05) is 11.5 Å². The highest BCUT2D eigenvalue weighted by Crippen LogP contribution is 2.29. The van der Waals surface area contributed by atoms with Crippen LogP contribution < -0.4 is 4.74 Å². The fourth-order valence-electron chi connectivity index (χ4n) is 2.34. The Balaban J connectivity index is 2.24. The van der Waals surface area contributed by atoms with Crippen LogP contribution in [0.15, 0.2) is 54.0 Å². The summed E-state index contributed by atoms with van der Waals surface area (Å²) >= 11 is 0. The molecule has 0 fully saturated rings. The van der Waals surface area contributed by atoms with Crippen molar-refractivity contribution in [2.24, 2.45) is 11.3 Å². The quantitative estimate of drug-likeness (QED) is 0.577. The van der Waals surface area contributed by atoms with E-state index in [2.05, 4.69) is 44.8 Å². The highest BCUT2D eigenvalue weighted by atomic mass is 16.6. The van der Waals surface area contributed by atoms with Crippen molar-refractivity contribution in [3.8, 4) is 5.75 Å². The molecule has 0 N–H and O–H groups in total. The number of nitrogens with zero attached hydrogens (tertiary/aromatic N) is 2. The molecule has 0 saturated heterocycles. The molecule has 5 heteroatoms. The molecule has 2 rings (SSSR count). The first-order valence-corrected chi connectivity index (χ1v) is 7.66. The smallest absolute Gasteiger partial charge is 0.363 e. The number of aromatic nitrogens is 1. The molecule has 1 heterocycles. The zero-order valence-electron chi connectivity index (χ0n) is 13.9. The molecule has 0 saturated carbocycles. The predicted molar refractivity (Wildman–Crippen MR) is 90.1 cm³/mol. The minimum atomic E-state index is -0.525. The first-order chi connectivity index (χ1) is 10.7. The fraction of sp³-hybridized carbons (Fsp3) is 0.389. The monoisotopic (exact) mass is 314 g/mol. The lowest BCUT2D eigenvalue weighted by atomic mass is 9.92. The molecule has 0 atom stereocenters. The van der Waals surface area contributed by atoms with Gasteiger partial charge < -0.3 is 14.9 Å². The third-order valence-electron chi connectivity index (χ3n) is 3.36. The molecule has 1 aliphatic rings. The lowest BCUT2D eigenvalue weighted by molar-refractivity contribution is -0.389. The number of hydrogen-bond acceptors (Lipinski definition) is 4. The van der Waals surface area contributed by atoms with Gasteiger partial charge in [0.2, 0.25) is 0 Å². The van der Waals surface area contributed by atoms with E-state index in [4.69, 9.17) is 4.74 Å². The summed E-state index contributed by atoms with van der Waals surface area (Å²) in [6.45, 7) is 8.56. The van der Waals surface area contributed by atoms with Gasteiger partial charge in [-0.3, -0.25) is 0 Å². The van der Waals surface area contributed by atoms with Crippen molar-refractivity contribution in [3.05, 3.63) is 64.1 Å². The number of nitro groups is 1. The maximum Gasteiger partial charge on any atom is 0.363 e. The fourth-order valence-corrected chi connectivity index (χ4v) is 2.34. The Morgan fingerprint density at radius 2 is 2.09 bits per heavy atom. The standard InChI is InChI=1S/C18H22N2O3/c1-13(2)9-14-7-8-18(3,4)11-16(10-14)23-15-5-6-17(19-12-15)20(21)22/h5-8,10-13H,9H2,1-4H3. The molecule has 23 heavy (non-hydrogen) atoms. The van der Waals surface area contributed by atoms with Crippen molar-refractivity contribution >= 4 is 5.82 Å². The highest BCUT2D eigenvalue weighted by Gasteiger charge is 2.17. The van der Waals surface area contributed by atoms with Crippen LogP contribution in [0.1, 0.15) is 34.1 Å². The molecule has 1 aromatic heterocycles. The lowest BCUT2D eigenvalue weighted by Gasteiger charge is -2.15. The summed E-state index contributed by atoms with van der Waals surface area (Å²) in [5.74, 6) is 1.57. The summed E-state index contributed by atoms with van der Waals surface area (Å²) in [4.78, 5) is 13.9. The molecule has 0 amide bonds. The van der Waals surface area contributed by atoms with E-state index in [0.29, 0.717) is 11.7 Å². The molecule has 0 radical (unpaired) electrons. The van der Waals surface area contributed by atoms with Gasteiger partial charge in [0.1, 0.15) is 5.76 Å². The summed E-state index contributed by atoms with van der Waals surface area (Å²) in [7, 11) is 0. The van der Waals surface area contributed by atoms with E-state index in [-0.39, 0.29) is 11.2 Å². The van der Waals surface area contributed by atoms with Crippen molar-refractivity contribution in [2.75, 3.05) is 0 Å². The van der Waals surface area contributed by atoms with Crippen molar-refractivity contribution in [2.45, 2.75) is 34.1 Å². The number of pyridine rings is 1. The minimum absolute atomic E-state index is 0.126. The van der Waals surface area contributed by atoms with E-state index in [0.717, 1.165) is 12.2 Å². The van der Waals surface area contributed by atoms with Crippen LogP contribution >= 0.6 is 0 Å². The molecule has 1 aromatic rings. The average molecular weight is 314 g/mol. The van der Waals surface area contributed by atoms with Gasteiger partial charge in [-0.25, -0.2) is 0 Å². The van der Waals surface area contributed by atoms with Crippen LogP contribution in [0.2, 0.25) is 0 Å². The van der Waals surface area contributed by atoms with E-state index in [1.54, 1.807) is 6.07 Å². The van der Waals surface area contributed by atoms with Gasteiger partial charge in [0.25, 0.3) is 0 Å². The van der Waals surface area contributed by atoms with Gasteiger partial charge in [0.15, 0.2) is 11.9 Å². The number of rotatable bonds is 5. The Labute approximate surface area is 136 Å². The van der Waals surface area contributed by atoms with Gasteiger partial charge in [-0.15, -0.1) is 0 Å². The number of allylic oxidation sites excluding steroid dienone is 5. The second-order valence-electron chi connectivity index (χ2n) is 6.73. The molecular formula is C18H22N2O3. The largest absolute Gasteiger partial charge is 0.454 e. The van der Waals surface area contributed by atoms with Crippen molar-refractivity contribution in [3.63, 3.8) is 0 Å². The van der Waals surface area contributed by atoms with Gasteiger partial charge in [-0.05, 0) is 46.0 Å². The second-order valence-corrected chi connectivity index (χ2v) is 6.73. The average Bonchev–Trinajstić information content (AvgIpc) is 2.57. The van der Waals surface area contributed by atoms with Crippen LogP contribution in [0.4, 0.5) is 5.82 Å². The Kier molecular flexibility index (Phi) is 4.98. The Morgan fingerprint density at radius 3 is 2.65 bits per heavy atom. The van der Waals surface area contributed by atoms with E-state index in [1.165, 1.54) is 17.8 Å². The highest BCUT2D eigenvalue weighted by molar-refractivity contribution is 5.37. The molecule has 5 nitrogen and oxygen atoms in total. The van der Waals surface area contributed by atoms with Crippen LogP contribution in [-0.4, -0.2) is 9.91 Å². The molecule has 122 valence electrons. The van der Waals surface area contributed by atoms with Crippen molar-refractivity contribution in [1.29, 1.82) is 0 Å². The summed E-state index contributed by atoms with van der Waals surface area (Å²) in [6.07, 6.45) is 10.7. The van der Waals surface area contributed by atoms with Crippen LogP contribution in [0.25, 0.3) is 0 Å². The first-order valence-electron chi connectivity index (χ1n) is 7.66. The molecule has 0 bridgehead atoms. The summed E-state index contributed by atoms with van der Waals surface area (Å²) in [5, 5.41) is 10.7. The van der Waals surface area contributed by atoms with Crippen LogP contribution in [0, 0.1) is 21.4 Å². The molecule has 0 spiro atoms. The Hall–Kier alpha value is -2.43. The van der Waals surface area contributed by atoms with Crippen LogP contribution in [0.5, 0.6) is 5.75 Å². The third-order valence-corrected chi connectivity index (χ3v) is 3.36. The molecular weight excluding hydrogens is 292 g/mol. The van der Waals surface area contributed by atoms with Crippen LogP contribution in [-0.2, 0) is 0 Å². The summed E-state index contributed by atoms with van der Waals surface area (Å²) in [5.41, 5.74) is 1.07. The first kappa shape index (κ1) is 16.9. The van der Waals surface area contributed by atoms with E-state index in [9.17, 15) is 10.1 Å². The van der Waals surface area contributed by atoms with Gasteiger partial charge in [0.05, 0.1) is 0 Å².